The molecule has 3 aromatic rings. The summed E-state index contributed by atoms with van der Waals surface area (Å²) in [5.41, 5.74) is 5.07. The quantitative estimate of drug-likeness (QED) is 0.0363. The molecule has 0 aliphatic carbocycles. The fraction of sp³-hybridized carbons (Fsp3) is 0.526. The van der Waals surface area contributed by atoms with E-state index in [1.54, 1.807) is 48.4 Å². The number of unbranched alkanes of at least 4 members (excludes halogenated alkanes) is 1. The van der Waals surface area contributed by atoms with Crippen LogP contribution in [-0.4, -0.2) is 195 Å². The predicted octanol–water partition coefficient (Wildman–Crippen LogP) is 6.32. The monoisotopic (exact) mass is 1080 g/mol. The molecule has 2 saturated heterocycles. The van der Waals surface area contributed by atoms with Gasteiger partial charge >= 0.3 is 0 Å². The van der Waals surface area contributed by atoms with Gasteiger partial charge in [-0.3, -0.25) is 29.4 Å². The molecule has 0 radical (unpaired) electrons. The number of hydrogen-bond acceptors (Lipinski definition) is 18. The van der Waals surface area contributed by atoms with Crippen molar-refractivity contribution in [3.05, 3.63) is 82.2 Å². The van der Waals surface area contributed by atoms with Gasteiger partial charge in [0.2, 0.25) is 5.91 Å². The number of ether oxygens (including phenoxy) is 11. The molecular weight excluding hydrogens is 1010 g/mol. The van der Waals surface area contributed by atoms with E-state index in [2.05, 4.69) is 0 Å². The zero-order valence-corrected chi connectivity index (χ0v) is 45.6. The third-order valence-corrected chi connectivity index (χ3v) is 13.4. The third kappa shape index (κ3) is 16.6. The molecule has 21 nitrogen and oxygen atoms in total. The Hall–Kier alpha value is -6.75. The summed E-state index contributed by atoms with van der Waals surface area (Å²) >= 11 is 0. The second-order valence-corrected chi connectivity index (χ2v) is 18.6. The minimum Gasteiger partial charge on any atom is -0.493 e. The number of nitrogens with zero attached hydrogens (tertiary/aromatic N) is 6. The summed E-state index contributed by atoms with van der Waals surface area (Å²) in [6, 6.07) is 9.90. The van der Waals surface area contributed by atoms with E-state index < -0.39 is 0 Å². The molecule has 422 valence electrons. The zero-order chi connectivity index (χ0) is 55.1. The first-order chi connectivity index (χ1) is 38.2. The summed E-state index contributed by atoms with van der Waals surface area (Å²) in [6.07, 6.45) is 10.9. The number of rotatable bonds is 34. The smallest absolute Gasteiger partial charge is 0.257 e. The highest BCUT2D eigenvalue weighted by molar-refractivity contribution is 6.05. The first-order valence-electron chi connectivity index (χ1n) is 26.6. The van der Waals surface area contributed by atoms with Crippen LogP contribution in [0.1, 0.15) is 78.1 Å². The molecule has 7 rings (SSSR count). The van der Waals surface area contributed by atoms with Gasteiger partial charge in [0, 0.05) is 69.9 Å². The summed E-state index contributed by atoms with van der Waals surface area (Å²) in [5.74, 6) is 1.43. The third-order valence-electron chi connectivity index (χ3n) is 13.4. The zero-order valence-electron chi connectivity index (χ0n) is 45.6. The lowest BCUT2D eigenvalue weighted by Gasteiger charge is -2.23. The van der Waals surface area contributed by atoms with Gasteiger partial charge in [-0.25, -0.2) is 0 Å². The van der Waals surface area contributed by atoms with Crippen LogP contribution in [0.25, 0.3) is 0 Å². The number of aliphatic imine (C=N–C) groups is 2. The van der Waals surface area contributed by atoms with E-state index in [9.17, 15) is 19.2 Å². The van der Waals surface area contributed by atoms with Crippen LogP contribution in [0, 0.1) is 0 Å². The number of benzene rings is 2. The molecular formula is C57H74N6O15. The van der Waals surface area contributed by atoms with E-state index in [1.807, 2.05) is 48.2 Å². The average molecular weight is 1080 g/mol. The topological polar surface area (TPSA) is 217 Å². The van der Waals surface area contributed by atoms with Crippen LogP contribution in [0.4, 0.5) is 11.4 Å². The number of amides is 3. The number of carbonyl (C=O) groups excluding carboxylic acids is 4. The molecule has 0 bridgehead atoms. The van der Waals surface area contributed by atoms with E-state index in [0.717, 1.165) is 19.1 Å². The van der Waals surface area contributed by atoms with Crippen LogP contribution in [-0.2, 0) is 51.2 Å². The summed E-state index contributed by atoms with van der Waals surface area (Å²) in [6.45, 7) is 10.3. The Balaban J connectivity index is 0.981. The van der Waals surface area contributed by atoms with Crippen molar-refractivity contribution in [3.63, 3.8) is 0 Å². The maximum Gasteiger partial charge on any atom is 0.257 e. The minimum absolute atomic E-state index is 0.0420. The number of allylic oxidation sites excluding steroid dienone is 2. The van der Waals surface area contributed by atoms with Gasteiger partial charge in [-0.1, -0.05) is 23.3 Å². The van der Waals surface area contributed by atoms with Crippen LogP contribution in [0.2, 0.25) is 0 Å². The van der Waals surface area contributed by atoms with Crippen LogP contribution < -0.4 is 23.7 Å². The summed E-state index contributed by atoms with van der Waals surface area (Å²) < 4.78 is 63.2. The minimum atomic E-state index is -0.146. The fourth-order valence-electron chi connectivity index (χ4n) is 9.13. The Bertz CT molecular complexity index is 2490. The summed E-state index contributed by atoms with van der Waals surface area (Å²) in [5, 5.41) is 0. The van der Waals surface area contributed by atoms with Crippen LogP contribution in [0.5, 0.6) is 28.7 Å². The van der Waals surface area contributed by atoms with Crippen LogP contribution >= 0.6 is 0 Å². The lowest BCUT2D eigenvalue weighted by molar-refractivity contribution is -0.133. The molecule has 1 unspecified atom stereocenters. The lowest BCUT2D eigenvalue weighted by atomic mass is 10.1. The number of fused-ring (bicyclic) bond motifs is 4. The number of hydrogen-bond donors (Lipinski definition) is 0. The van der Waals surface area contributed by atoms with E-state index >= 15 is 0 Å². The Labute approximate surface area is 456 Å². The number of carbonyl (C=O) groups is 4. The van der Waals surface area contributed by atoms with Gasteiger partial charge in [0.1, 0.15) is 31.9 Å². The van der Waals surface area contributed by atoms with Crippen molar-refractivity contribution in [2.45, 2.75) is 71.2 Å². The molecule has 5 heterocycles. The number of aldehydes is 1. The Morgan fingerprint density at radius 2 is 1.08 bits per heavy atom. The Morgan fingerprint density at radius 3 is 1.53 bits per heavy atom. The van der Waals surface area contributed by atoms with Crippen molar-refractivity contribution in [1.82, 2.24) is 19.7 Å². The molecule has 78 heavy (non-hydrogen) atoms. The van der Waals surface area contributed by atoms with Crippen molar-refractivity contribution in [1.29, 1.82) is 0 Å². The Kier molecular flexibility index (Phi) is 23.4. The second kappa shape index (κ2) is 31.0. The molecule has 21 heteroatoms. The van der Waals surface area contributed by atoms with Gasteiger partial charge in [-0.2, -0.15) is 0 Å². The fourth-order valence-corrected chi connectivity index (χ4v) is 9.13. The maximum absolute atomic E-state index is 13.8. The highest BCUT2D eigenvalue weighted by Crippen LogP contribution is 2.41. The van der Waals surface area contributed by atoms with Crippen molar-refractivity contribution >= 4 is 47.8 Å². The number of aromatic nitrogens is 1. The van der Waals surface area contributed by atoms with Gasteiger partial charge in [-0.05, 0) is 45.2 Å². The van der Waals surface area contributed by atoms with Crippen LogP contribution in [0.3, 0.4) is 0 Å². The predicted molar refractivity (Wildman–Crippen MR) is 290 cm³/mol. The van der Waals surface area contributed by atoms with Gasteiger partial charge < -0.3 is 71.6 Å². The van der Waals surface area contributed by atoms with Gasteiger partial charge in [0.25, 0.3) is 11.8 Å². The second-order valence-electron chi connectivity index (χ2n) is 18.6. The van der Waals surface area contributed by atoms with Crippen molar-refractivity contribution < 1.29 is 71.3 Å². The standard InChI is InChI=1S/C57H74N6O15/c1-6-40-26-44-34-58-49-32-53(51(69-4)30-47(49)56(66)62(44)36-40)77-38-42-28-46(29-43(60-42)39-78-54-33-50-48(31-52(54)70-5)57(67)63-37-41(7-2)27-45(63)35-59-50)76-15-12-61(11-8-9-13-64)55(65)10-14-71-18-19-73-22-23-75-25-24-74-21-20-72-17-16-68-3/h6-7,13,28-35,44-45H,8-12,14-27,36-39H2,1-5H3/b40-6+,41-7+/t44-,45?/m0/s1. The molecule has 2 aromatic carbocycles. The molecule has 0 N–H and O–H groups in total. The molecule has 0 spiro atoms. The Morgan fingerprint density at radius 1 is 0.603 bits per heavy atom. The molecule has 0 saturated carbocycles. The first kappa shape index (κ1) is 58.9. The SMILES string of the molecule is C/C=C1\CC2C=Nc3cc(OCc4cc(OCCN(CCCC=O)C(=O)CCOCCOCCOCCOCCOCCOC)cc(COc5cc6c(cc5OC)C(=O)N5C/C(=C/C)C[C@H]5C=N6)n4)c(OC)cc3C(=O)N2C1. The van der Waals surface area contributed by atoms with E-state index in [1.165, 1.54) is 25.4 Å². The van der Waals surface area contributed by atoms with Crippen LogP contribution in [0.15, 0.2) is 69.7 Å². The number of methoxy groups -OCH3 is 3. The maximum atomic E-state index is 13.8. The van der Waals surface area contributed by atoms with E-state index in [-0.39, 0.29) is 69.2 Å². The largest absolute Gasteiger partial charge is 0.493 e. The van der Waals surface area contributed by atoms with Crippen molar-refractivity contribution in [3.8, 4) is 28.7 Å². The number of pyridine rings is 1. The molecule has 2 atom stereocenters. The van der Waals surface area contributed by atoms with Gasteiger partial charge in [0.15, 0.2) is 23.0 Å². The normalized spacial score (nSPS) is 17.4. The van der Waals surface area contributed by atoms with Crippen molar-refractivity contribution in [2.24, 2.45) is 9.98 Å². The van der Waals surface area contributed by atoms with Gasteiger partial charge in [0.05, 0.1) is 146 Å². The molecule has 3 amide bonds. The lowest BCUT2D eigenvalue weighted by Crippen LogP contribution is -2.36. The molecule has 4 aliphatic heterocycles. The highest BCUT2D eigenvalue weighted by atomic mass is 16.6. The summed E-state index contributed by atoms with van der Waals surface area (Å²) in [4.78, 5) is 71.9. The molecule has 4 aliphatic rings. The van der Waals surface area contributed by atoms with E-state index in [4.69, 9.17) is 67.1 Å². The first-order valence-corrected chi connectivity index (χ1v) is 26.6. The highest BCUT2D eigenvalue weighted by Gasteiger charge is 2.36. The molecule has 1 aromatic heterocycles. The van der Waals surface area contributed by atoms with E-state index in [0.29, 0.717) is 161 Å². The average Bonchev–Trinajstić information content (AvgIpc) is 4.04. The molecule has 2 fully saturated rings. The van der Waals surface area contributed by atoms with Gasteiger partial charge in [-0.15, -0.1) is 0 Å². The van der Waals surface area contributed by atoms with Crippen molar-refractivity contribution in [2.75, 3.05) is 127 Å². The summed E-state index contributed by atoms with van der Waals surface area (Å²) in [7, 11) is 4.65.